The van der Waals surface area contributed by atoms with Gasteiger partial charge in [-0.2, -0.15) is 0 Å². The third-order valence-corrected chi connectivity index (χ3v) is 3.41. The number of nitrogens with zero attached hydrogens (tertiary/aromatic N) is 3. The van der Waals surface area contributed by atoms with Gasteiger partial charge in [0.1, 0.15) is 0 Å². The van der Waals surface area contributed by atoms with Gasteiger partial charge in [-0.3, -0.25) is 4.79 Å². The molecule has 0 aromatic heterocycles. The first-order valence-corrected chi connectivity index (χ1v) is 7.64. The van der Waals surface area contributed by atoms with Crippen LogP contribution >= 0.6 is 0 Å². The zero-order valence-corrected chi connectivity index (χ0v) is 14.3. The Balaban J connectivity index is 4.78. The van der Waals surface area contributed by atoms with Crippen molar-refractivity contribution in [1.29, 1.82) is 0 Å². The van der Waals surface area contributed by atoms with Crippen LogP contribution in [0.3, 0.4) is 0 Å². The Morgan fingerprint density at radius 3 is 2.05 bits per heavy atom. The molecule has 1 atom stereocenters. The number of urea groups is 1. The molecule has 2 amide bonds. The molecule has 0 heterocycles. The summed E-state index contributed by atoms with van der Waals surface area (Å²) in [5, 5.41) is 8.73. The van der Waals surface area contributed by atoms with Crippen molar-refractivity contribution in [1.82, 2.24) is 14.7 Å². The van der Waals surface area contributed by atoms with E-state index in [0.29, 0.717) is 19.5 Å². The number of likely N-dealkylation sites (N-methyl/N-ethyl adjacent to an activating group) is 2. The maximum Gasteiger partial charge on any atom is 0.320 e. The molecule has 0 aliphatic heterocycles. The van der Waals surface area contributed by atoms with Crippen molar-refractivity contribution in [3.8, 4) is 0 Å². The molecule has 0 aliphatic rings. The molecule has 1 N–H and O–H groups in total. The quantitative estimate of drug-likeness (QED) is 0.707. The van der Waals surface area contributed by atoms with Crippen molar-refractivity contribution in [3.63, 3.8) is 0 Å². The second-order valence-electron chi connectivity index (χ2n) is 5.96. The minimum absolute atomic E-state index is 0.00719. The van der Waals surface area contributed by atoms with E-state index in [9.17, 15) is 9.59 Å². The second-order valence-corrected chi connectivity index (χ2v) is 5.96. The Kier molecular flexibility index (Phi) is 9.01. The van der Waals surface area contributed by atoms with Crippen LogP contribution in [0.1, 0.15) is 40.5 Å². The number of aliphatic carboxylic acids is 1. The van der Waals surface area contributed by atoms with Crippen LogP contribution in [0.2, 0.25) is 0 Å². The minimum atomic E-state index is -0.820. The van der Waals surface area contributed by atoms with Gasteiger partial charge in [0, 0.05) is 38.1 Å². The van der Waals surface area contributed by atoms with Crippen molar-refractivity contribution < 1.29 is 14.7 Å². The Bertz CT molecular complexity index is 332. The van der Waals surface area contributed by atoms with E-state index >= 15 is 0 Å². The van der Waals surface area contributed by atoms with Gasteiger partial charge in [-0.25, -0.2) is 4.79 Å². The number of carboxylic acid groups (broad SMARTS) is 1. The zero-order chi connectivity index (χ0) is 16.6. The first kappa shape index (κ1) is 19.7. The number of rotatable bonds is 9. The van der Waals surface area contributed by atoms with Crippen LogP contribution in [-0.4, -0.2) is 77.6 Å². The fraction of sp³-hybridized carbons (Fsp3) is 0.867. The van der Waals surface area contributed by atoms with Gasteiger partial charge in [-0.1, -0.05) is 0 Å². The summed E-state index contributed by atoms with van der Waals surface area (Å²) in [6.07, 6.45) is 0.578. The average Bonchev–Trinajstić information content (AvgIpc) is 2.33. The highest BCUT2D eigenvalue weighted by Gasteiger charge is 2.25. The van der Waals surface area contributed by atoms with E-state index < -0.39 is 5.97 Å². The van der Waals surface area contributed by atoms with Crippen LogP contribution in [0.15, 0.2) is 0 Å². The summed E-state index contributed by atoms with van der Waals surface area (Å²) in [6, 6.07) is 0.178. The number of amides is 2. The third-order valence-electron chi connectivity index (χ3n) is 3.41. The zero-order valence-electron chi connectivity index (χ0n) is 14.3. The summed E-state index contributed by atoms with van der Waals surface area (Å²) in [5.74, 6) is -0.820. The number of carbonyl (C=O) groups is 2. The molecule has 6 heteroatoms. The highest BCUT2D eigenvalue weighted by molar-refractivity contribution is 5.75. The van der Waals surface area contributed by atoms with Crippen LogP contribution < -0.4 is 0 Å². The molecule has 0 aromatic rings. The Morgan fingerprint density at radius 1 is 1.10 bits per heavy atom. The first-order valence-electron chi connectivity index (χ1n) is 7.64. The molecule has 0 aliphatic carbocycles. The highest BCUT2D eigenvalue weighted by atomic mass is 16.4. The van der Waals surface area contributed by atoms with E-state index in [-0.39, 0.29) is 24.5 Å². The lowest BCUT2D eigenvalue weighted by Gasteiger charge is -2.37. The molecule has 0 fully saturated rings. The maximum absolute atomic E-state index is 12.7. The molecule has 1 unspecified atom stereocenters. The largest absolute Gasteiger partial charge is 0.481 e. The molecule has 0 aromatic carbocycles. The van der Waals surface area contributed by atoms with E-state index in [1.165, 1.54) is 0 Å². The summed E-state index contributed by atoms with van der Waals surface area (Å²) in [5.41, 5.74) is 0. The first-order chi connectivity index (χ1) is 9.70. The fourth-order valence-corrected chi connectivity index (χ4v) is 2.40. The Labute approximate surface area is 128 Å². The SMILES string of the molecule is CCN(C(=O)N(CCCC(=O)O)C(C)C)C(C)CN(C)C. The summed E-state index contributed by atoms with van der Waals surface area (Å²) in [6.45, 7) is 9.87. The summed E-state index contributed by atoms with van der Waals surface area (Å²) in [7, 11) is 3.98. The van der Waals surface area contributed by atoms with Crippen molar-refractivity contribution in [2.75, 3.05) is 33.7 Å². The van der Waals surface area contributed by atoms with Crippen LogP contribution in [0, 0.1) is 0 Å². The minimum Gasteiger partial charge on any atom is -0.481 e. The number of hydrogen-bond acceptors (Lipinski definition) is 3. The molecule has 0 saturated carbocycles. The third kappa shape index (κ3) is 7.32. The van der Waals surface area contributed by atoms with Gasteiger partial charge >= 0.3 is 12.0 Å². The summed E-state index contributed by atoms with van der Waals surface area (Å²) >= 11 is 0. The van der Waals surface area contributed by atoms with Gasteiger partial charge in [0.2, 0.25) is 0 Å². The highest BCUT2D eigenvalue weighted by Crippen LogP contribution is 2.10. The molecule has 6 nitrogen and oxygen atoms in total. The summed E-state index contributed by atoms with van der Waals surface area (Å²) < 4.78 is 0. The van der Waals surface area contributed by atoms with Crippen molar-refractivity contribution in [3.05, 3.63) is 0 Å². The Hall–Kier alpha value is -1.30. The second kappa shape index (κ2) is 9.60. The van der Waals surface area contributed by atoms with Crippen LogP contribution in [-0.2, 0) is 4.79 Å². The molecular formula is C15H31N3O3. The van der Waals surface area contributed by atoms with Gasteiger partial charge < -0.3 is 19.8 Å². The molecule has 0 bridgehead atoms. The maximum atomic E-state index is 12.7. The van der Waals surface area contributed by atoms with Crippen molar-refractivity contribution in [2.45, 2.75) is 52.6 Å². The topological polar surface area (TPSA) is 64.1 Å². The lowest BCUT2D eigenvalue weighted by molar-refractivity contribution is -0.137. The predicted molar refractivity (Wildman–Crippen MR) is 84.5 cm³/mol. The van der Waals surface area contributed by atoms with Gasteiger partial charge in [0.05, 0.1) is 0 Å². The smallest absolute Gasteiger partial charge is 0.320 e. The predicted octanol–water partition coefficient (Wildman–Crippen LogP) is 1.95. The van der Waals surface area contributed by atoms with Gasteiger partial charge in [-0.15, -0.1) is 0 Å². The normalized spacial score (nSPS) is 12.6. The van der Waals surface area contributed by atoms with E-state index in [1.807, 2.05) is 46.7 Å². The number of carbonyl (C=O) groups excluding carboxylic acids is 1. The Morgan fingerprint density at radius 2 is 1.67 bits per heavy atom. The van der Waals surface area contributed by atoms with E-state index in [0.717, 1.165) is 6.54 Å². The van der Waals surface area contributed by atoms with Crippen LogP contribution in [0.5, 0.6) is 0 Å². The molecular weight excluding hydrogens is 270 g/mol. The number of hydrogen-bond donors (Lipinski definition) is 1. The molecule has 0 spiro atoms. The lowest BCUT2D eigenvalue weighted by Crippen LogP contribution is -2.52. The monoisotopic (exact) mass is 301 g/mol. The van der Waals surface area contributed by atoms with Crippen molar-refractivity contribution >= 4 is 12.0 Å². The van der Waals surface area contributed by atoms with Crippen molar-refractivity contribution in [2.24, 2.45) is 0 Å². The number of carboxylic acids is 1. The van der Waals surface area contributed by atoms with Gasteiger partial charge in [0.25, 0.3) is 0 Å². The average molecular weight is 301 g/mol. The van der Waals surface area contributed by atoms with E-state index in [2.05, 4.69) is 4.90 Å². The van der Waals surface area contributed by atoms with Crippen LogP contribution in [0.25, 0.3) is 0 Å². The molecule has 0 rings (SSSR count). The van der Waals surface area contributed by atoms with E-state index in [1.54, 1.807) is 4.90 Å². The fourth-order valence-electron chi connectivity index (χ4n) is 2.40. The molecule has 0 radical (unpaired) electrons. The van der Waals surface area contributed by atoms with E-state index in [4.69, 9.17) is 5.11 Å². The standard InChI is InChI=1S/C15H31N3O3/c1-7-17(13(4)11-16(5)6)15(21)18(12(2)3)10-8-9-14(19)20/h12-13H,7-11H2,1-6H3,(H,19,20). The van der Waals surface area contributed by atoms with Gasteiger partial charge in [-0.05, 0) is 48.2 Å². The molecule has 124 valence electrons. The summed E-state index contributed by atoms with van der Waals surface area (Å²) in [4.78, 5) is 29.0. The van der Waals surface area contributed by atoms with Crippen LogP contribution in [0.4, 0.5) is 4.79 Å². The van der Waals surface area contributed by atoms with Gasteiger partial charge in [0.15, 0.2) is 0 Å². The molecule has 21 heavy (non-hydrogen) atoms. The lowest BCUT2D eigenvalue weighted by atomic mass is 10.2. The molecule has 0 saturated heterocycles.